The van der Waals surface area contributed by atoms with Crippen molar-refractivity contribution in [3.63, 3.8) is 0 Å². The molecule has 0 amide bonds. The molecule has 0 aromatic heterocycles. The summed E-state index contributed by atoms with van der Waals surface area (Å²) in [7, 11) is 2.19. The molecule has 0 atom stereocenters. The van der Waals surface area contributed by atoms with Crippen molar-refractivity contribution in [1.82, 2.24) is 14.7 Å². The van der Waals surface area contributed by atoms with Crippen LogP contribution in [-0.2, 0) is 0 Å². The molecule has 4 saturated heterocycles. The first-order chi connectivity index (χ1) is 7.34. The summed E-state index contributed by atoms with van der Waals surface area (Å²) in [5.74, 6) is 0. The third-order valence-electron chi connectivity index (χ3n) is 3.78. The second-order valence-corrected chi connectivity index (χ2v) is 5.05. The fraction of sp³-hybridized carbons (Fsp3) is 1.00. The zero-order valence-electron chi connectivity index (χ0n) is 10.1. The van der Waals surface area contributed by atoms with E-state index in [2.05, 4.69) is 21.7 Å². The Morgan fingerprint density at radius 3 is 1.13 bits per heavy atom. The van der Waals surface area contributed by atoms with Crippen LogP contribution in [0.3, 0.4) is 0 Å². The number of fused-ring (bicyclic) bond motifs is 3. The summed E-state index contributed by atoms with van der Waals surface area (Å²) in [6.45, 7) is 10.6. The first-order valence-corrected chi connectivity index (χ1v) is 6.48. The van der Waals surface area contributed by atoms with E-state index in [4.69, 9.17) is 0 Å². The van der Waals surface area contributed by atoms with Crippen LogP contribution >= 0.6 is 0 Å². The summed E-state index contributed by atoms with van der Waals surface area (Å²) in [4.78, 5) is 7.48. The van der Waals surface area contributed by atoms with Gasteiger partial charge >= 0.3 is 0 Å². The largest absolute Gasteiger partial charge is 0.306 e. The van der Waals surface area contributed by atoms with Crippen LogP contribution in [0.2, 0.25) is 0 Å². The van der Waals surface area contributed by atoms with Gasteiger partial charge in [-0.3, -0.25) is 9.80 Å². The molecule has 4 heterocycles. The van der Waals surface area contributed by atoms with Gasteiger partial charge in [-0.2, -0.15) is 0 Å². The van der Waals surface area contributed by atoms with Gasteiger partial charge in [0.1, 0.15) is 0 Å². The molecule has 4 rings (SSSR count). The summed E-state index contributed by atoms with van der Waals surface area (Å²) in [6, 6.07) is 0. The van der Waals surface area contributed by atoms with E-state index in [1.807, 2.05) is 0 Å². The van der Waals surface area contributed by atoms with Gasteiger partial charge in [0.05, 0.1) is 0 Å². The molecule has 4 aliphatic rings. The van der Waals surface area contributed by atoms with Gasteiger partial charge in [-0.25, -0.2) is 0 Å². The Labute approximate surface area is 94.0 Å². The van der Waals surface area contributed by atoms with Gasteiger partial charge in [-0.15, -0.1) is 0 Å². The third-order valence-corrected chi connectivity index (χ3v) is 3.78. The van der Waals surface area contributed by atoms with Crippen molar-refractivity contribution >= 4 is 0 Å². The monoisotopic (exact) mass is 211 g/mol. The minimum atomic E-state index is 1.32. The van der Waals surface area contributed by atoms with Crippen LogP contribution in [0, 0.1) is 0 Å². The summed E-state index contributed by atoms with van der Waals surface area (Å²) in [5.41, 5.74) is 0. The highest BCUT2D eigenvalue weighted by molar-refractivity contribution is 4.78. The van der Waals surface area contributed by atoms with E-state index in [1.165, 1.54) is 71.6 Å². The van der Waals surface area contributed by atoms with Crippen molar-refractivity contribution in [3.05, 3.63) is 0 Å². The lowest BCUT2D eigenvalue weighted by atomic mass is 10.1. The molecule has 0 N–H and O–H groups in total. The Morgan fingerprint density at radius 2 is 0.933 bits per heavy atom. The molecule has 4 fully saturated rings. The number of likely N-dealkylation sites (tertiary alicyclic amines) is 1. The Bertz CT molecular complexity index is 147. The van der Waals surface area contributed by atoms with E-state index >= 15 is 0 Å². The van der Waals surface area contributed by atoms with Crippen molar-refractivity contribution < 1.29 is 0 Å². The third kappa shape index (κ3) is 3.74. The fourth-order valence-corrected chi connectivity index (χ4v) is 2.57. The van der Waals surface area contributed by atoms with E-state index < -0.39 is 0 Å². The van der Waals surface area contributed by atoms with Crippen LogP contribution in [0.15, 0.2) is 0 Å². The molecule has 0 aliphatic carbocycles. The first-order valence-electron chi connectivity index (χ1n) is 6.48. The average Bonchev–Trinajstić information content (AvgIpc) is 2.33. The summed E-state index contributed by atoms with van der Waals surface area (Å²) in [6.07, 6.45) is 4.28. The van der Waals surface area contributed by atoms with E-state index in [-0.39, 0.29) is 0 Å². The Kier molecular flexibility index (Phi) is 4.42. The van der Waals surface area contributed by atoms with Crippen molar-refractivity contribution in [2.24, 2.45) is 0 Å². The highest BCUT2D eigenvalue weighted by Crippen LogP contribution is 2.07. The van der Waals surface area contributed by atoms with E-state index in [1.54, 1.807) is 0 Å². The predicted octanol–water partition coefficient (Wildman–Crippen LogP) is 0.720. The molecular formula is C12H25N3. The number of piperidine rings is 1. The van der Waals surface area contributed by atoms with Crippen molar-refractivity contribution in [1.29, 1.82) is 0 Å². The van der Waals surface area contributed by atoms with Crippen molar-refractivity contribution in [2.75, 3.05) is 59.4 Å². The zero-order chi connectivity index (χ0) is 10.5. The Morgan fingerprint density at radius 1 is 0.533 bits per heavy atom. The second kappa shape index (κ2) is 5.83. The quantitative estimate of drug-likeness (QED) is 0.584. The molecular weight excluding hydrogens is 186 g/mol. The van der Waals surface area contributed by atoms with Gasteiger partial charge in [0.15, 0.2) is 0 Å². The molecule has 0 radical (unpaired) electrons. The van der Waals surface area contributed by atoms with Crippen LogP contribution in [0.4, 0.5) is 0 Å². The van der Waals surface area contributed by atoms with Crippen LogP contribution in [-0.4, -0.2) is 74.1 Å². The number of piperazine rings is 3. The molecule has 4 aliphatic heterocycles. The Balaban J connectivity index is 0.000000115. The predicted molar refractivity (Wildman–Crippen MR) is 64.2 cm³/mol. The summed E-state index contributed by atoms with van der Waals surface area (Å²) in [5, 5.41) is 0. The maximum absolute atomic E-state index is 2.54. The minimum Gasteiger partial charge on any atom is -0.306 e. The van der Waals surface area contributed by atoms with Gasteiger partial charge in [0.25, 0.3) is 0 Å². The number of hydrogen-bond donors (Lipinski definition) is 0. The smallest absolute Gasteiger partial charge is 0.0110 e. The number of nitrogens with zero attached hydrogens (tertiary/aromatic N) is 3. The van der Waals surface area contributed by atoms with E-state index in [9.17, 15) is 0 Å². The molecule has 88 valence electrons. The van der Waals surface area contributed by atoms with Gasteiger partial charge < -0.3 is 4.90 Å². The van der Waals surface area contributed by atoms with Crippen LogP contribution < -0.4 is 0 Å². The van der Waals surface area contributed by atoms with Crippen LogP contribution in [0.25, 0.3) is 0 Å². The topological polar surface area (TPSA) is 9.72 Å². The van der Waals surface area contributed by atoms with Crippen molar-refractivity contribution in [2.45, 2.75) is 19.3 Å². The highest BCUT2D eigenvalue weighted by Gasteiger charge is 2.21. The zero-order valence-corrected chi connectivity index (χ0v) is 10.1. The minimum absolute atomic E-state index is 1.32. The molecule has 15 heavy (non-hydrogen) atoms. The van der Waals surface area contributed by atoms with Gasteiger partial charge in [0.2, 0.25) is 0 Å². The average molecular weight is 211 g/mol. The number of hydrogen-bond acceptors (Lipinski definition) is 3. The van der Waals surface area contributed by atoms with Gasteiger partial charge in [-0.1, -0.05) is 6.42 Å². The highest BCUT2D eigenvalue weighted by atomic mass is 15.3. The lowest BCUT2D eigenvalue weighted by Gasteiger charge is -2.41. The fourth-order valence-electron chi connectivity index (χ4n) is 2.57. The molecule has 3 heteroatoms. The Hall–Kier alpha value is -0.120. The normalized spacial score (nSPS) is 35.8. The maximum Gasteiger partial charge on any atom is 0.0110 e. The van der Waals surface area contributed by atoms with Gasteiger partial charge in [0, 0.05) is 39.3 Å². The number of rotatable bonds is 0. The van der Waals surface area contributed by atoms with E-state index in [0.29, 0.717) is 0 Å². The standard InChI is InChI=1S/C6H12N2.C6H13N/c1-2-8-5-3-7(1)4-6-8;1-7-5-3-2-4-6-7/h1-6H2;2-6H2,1H3. The maximum atomic E-state index is 2.54. The second-order valence-electron chi connectivity index (χ2n) is 5.05. The molecule has 3 nitrogen and oxygen atoms in total. The first kappa shape index (κ1) is 11.4. The molecule has 0 spiro atoms. The molecule has 0 aromatic carbocycles. The van der Waals surface area contributed by atoms with Crippen LogP contribution in [0.1, 0.15) is 19.3 Å². The summed E-state index contributed by atoms with van der Waals surface area (Å²) >= 11 is 0. The molecule has 0 unspecified atom stereocenters. The molecule has 2 bridgehead atoms. The van der Waals surface area contributed by atoms with Crippen LogP contribution in [0.5, 0.6) is 0 Å². The van der Waals surface area contributed by atoms with Crippen molar-refractivity contribution in [3.8, 4) is 0 Å². The lowest BCUT2D eigenvalue weighted by Crippen LogP contribution is -2.55. The summed E-state index contributed by atoms with van der Waals surface area (Å²) < 4.78 is 0. The SMILES string of the molecule is C1CN2CCN1CC2.CN1CCCCC1. The van der Waals surface area contributed by atoms with Gasteiger partial charge in [-0.05, 0) is 33.0 Å². The lowest BCUT2D eigenvalue weighted by molar-refractivity contribution is 0.0647. The molecule has 0 saturated carbocycles. The van der Waals surface area contributed by atoms with E-state index in [0.717, 1.165) is 0 Å². The molecule has 0 aromatic rings.